The summed E-state index contributed by atoms with van der Waals surface area (Å²) < 4.78 is 0. The van der Waals surface area contributed by atoms with Crippen LogP contribution in [0.3, 0.4) is 0 Å². The lowest BCUT2D eigenvalue weighted by molar-refractivity contribution is 0.797. The molecule has 1 aromatic rings. The molecule has 0 fully saturated rings. The van der Waals surface area contributed by atoms with Gasteiger partial charge in [0, 0.05) is 12.2 Å². The van der Waals surface area contributed by atoms with Crippen LogP contribution < -0.4 is 5.32 Å². The van der Waals surface area contributed by atoms with Crippen LogP contribution in [0, 0.1) is 0 Å². The van der Waals surface area contributed by atoms with E-state index in [4.69, 9.17) is 23.2 Å². The number of hydrogen-bond donors (Lipinski definition) is 1. The SMILES string of the molecule is C/C(NCc1ccccc1)=C(Cl)\N=N/C(C)Cl. The zero-order valence-electron chi connectivity index (χ0n) is 9.82. The standard InChI is InChI=1S/C12H15Cl2N3/c1-9(12(14)17-16-10(2)13)15-8-11-6-4-3-5-7-11/h3-7,10,15H,8H2,1-2H3/b12-9+,17-16-. The Balaban J connectivity index is 2.54. The van der Waals surface area contributed by atoms with E-state index in [0.29, 0.717) is 11.7 Å². The summed E-state index contributed by atoms with van der Waals surface area (Å²) in [5.41, 5.74) is 1.58. The molecule has 17 heavy (non-hydrogen) atoms. The van der Waals surface area contributed by atoms with Crippen molar-refractivity contribution in [3.05, 3.63) is 46.7 Å². The molecule has 1 N–H and O–H groups in total. The molecule has 0 radical (unpaired) electrons. The first-order valence-corrected chi connectivity index (χ1v) is 6.10. The number of rotatable bonds is 5. The van der Waals surface area contributed by atoms with Gasteiger partial charge in [0.05, 0.1) is 0 Å². The molecule has 3 nitrogen and oxygen atoms in total. The molecule has 1 atom stereocenters. The van der Waals surface area contributed by atoms with Crippen molar-refractivity contribution in [3.63, 3.8) is 0 Å². The van der Waals surface area contributed by atoms with Crippen molar-refractivity contribution in [1.82, 2.24) is 5.32 Å². The molecule has 0 saturated heterocycles. The minimum atomic E-state index is -0.370. The molecular weight excluding hydrogens is 257 g/mol. The van der Waals surface area contributed by atoms with Gasteiger partial charge >= 0.3 is 0 Å². The molecule has 0 aliphatic rings. The Bertz CT molecular complexity index is 399. The Hall–Kier alpha value is -1.06. The van der Waals surface area contributed by atoms with Crippen molar-refractivity contribution >= 4 is 23.2 Å². The molecule has 0 spiro atoms. The largest absolute Gasteiger partial charge is 0.382 e. The number of azo groups is 1. The van der Waals surface area contributed by atoms with Crippen LogP contribution in [0.1, 0.15) is 19.4 Å². The molecule has 0 aliphatic carbocycles. The van der Waals surface area contributed by atoms with Gasteiger partial charge in [-0.2, -0.15) is 5.11 Å². The number of alkyl halides is 1. The van der Waals surface area contributed by atoms with Crippen LogP contribution in [0.25, 0.3) is 0 Å². The first-order chi connectivity index (χ1) is 8.09. The Kier molecular flexibility index (Phi) is 6.01. The van der Waals surface area contributed by atoms with E-state index in [1.807, 2.05) is 37.3 Å². The van der Waals surface area contributed by atoms with Gasteiger partial charge in [-0.15, -0.1) is 5.11 Å². The van der Waals surface area contributed by atoms with Gasteiger partial charge in [0.15, 0.2) is 5.16 Å². The van der Waals surface area contributed by atoms with Gasteiger partial charge in [-0.1, -0.05) is 53.5 Å². The van der Waals surface area contributed by atoms with Crippen molar-refractivity contribution in [2.45, 2.75) is 25.9 Å². The van der Waals surface area contributed by atoms with E-state index in [-0.39, 0.29) is 5.50 Å². The number of nitrogens with one attached hydrogen (secondary N) is 1. The highest BCUT2D eigenvalue weighted by molar-refractivity contribution is 6.29. The maximum absolute atomic E-state index is 5.94. The maximum atomic E-state index is 5.94. The highest BCUT2D eigenvalue weighted by Gasteiger charge is 1.99. The number of halogens is 2. The highest BCUT2D eigenvalue weighted by atomic mass is 35.5. The van der Waals surface area contributed by atoms with Gasteiger partial charge < -0.3 is 5.32 Å². The van der Waals surface area contributed by atoms with Gasteiger partial charge in [0.1, 0.15) is 5.50 Å². The molecule has 0 heterocycles. The summed E-state index contributed by atoms with van der Waals surface area (Å²) in [6, 6.07) is 10.0. The Morgan fingerprint density at radius 1 is 1.35 bits per heavy atom. The van der Waals surface area contributed by atoms with Crippen LogP contribution in [-0.2, 0) is 6.54 Å². The van der Waals surface area contributed by atoms with E-state index < -0.39 is 0 Å². The minimum Gasteiger partial charge on any atom is -0.382 e. The fraction of sp³-hybridized carbons (Fsp3) is 0.333. The van der Waals surface area contributed by atoms with Gasteiger partial charge in [-0.3, -0.25) is 0 Å². The monoisotopic (exact) mass is 271 g/mol. The molecule has 0 amide bonds. The predicted octanol–water partition coefficient (Wildman–Crippen LogP) is 4.24. The smallest absolute Gasteiger partial charge is 0.169 e. The summed E-state index contributed by atoms with van der Waals surface area (Å²) in [5.74, 6) is 0. The third kappa shape index (κ3) is 5.71. The number of nitrogens with zero attached hydrogens (tertiary/aromatic N) is 2. The Labute approximate surface area is 112 Å². The molecule has 0 aliphatic heterocycles. The van der Waals surface area contributed by atoms with Gasteiger partial charge in [0.25, 0.3) is 0 Å². The van der Waals surface area contributed by atoms with Crippen LogP contribution in [0.2, 0.25) is 0 Å². The average Bonchev–Trinajstić information content (AvgIpc) is 2.34. The lowest BCUT2D eigenvalue weighted by Crippen LogP contribution is -2.11. The van der Waals surface area contributed by atoms with Gasteiger partial charge in [0.2, 0.25) is 0 Å². The normalized spacial score (nSPS) is 14.6. The Morgan fingerprint density at radius 2 is 2.00 bits per heavy atom. The van der Waals surface area contributed by atoms with E-state index >= 15 is 0 Å². The number of benzene rings is 1. The first kappa shape index (κ1) is 14.0. The number of hydrogen-bond acceptors (Lipinski definition) is 3. The quantitative estimate of drug-likeness (QED) is 0.485. The van der Waals surface area contributed by atoms with Crippen LogP contribution in [0.4, 0.5) is 0 Å². The summed E-state index contributed by atoms with van der Waals surface area (Å²) in [5, 5.41) is 11.1. The van der Waals surface area contributed by atoms with Crippen LogP contribution in [0.15, 0.2) is 51.4 Å². The van der Waals surface area contributed by atoms with E-state index in [1.54, 1.807) is 6.92 Å². The second-order valence-electron chi connectivity index (χ2n) is 3.54. The van der Waals surface area contributed by atoms with Crippen LogP contribution >= 0.6 is 23.2 Å². The lowest BCUT2D eigenvalue weighted by Gasteiger charge is -2.06. The molecule has 0 aromatic heterocycles. The van der Waals surface area contributed by atoms with Crippen molar-refractivity contribution in [3.8, 4) is 0 Å². The maximum Gasteiger partial charge on any atom is 0.169 e. The fourth-order valence-corrected chi connectivity index (χ4v) is 1.26. The summed E-state index contributed by atoms with van der Waals surface area (Å²) in [6.45, 7) is 4.28. The van der Waals surface area contributed by atoms with E-state index in [1.165, 1.54) is 5.56 Å². The summed E-state index contributed by atoms with van der Waals surface area (Å²) in [4.78, 5) is 0. The number of allylic oxidation sites excluding steroid dienone is 1. The summed E-state index contributed by atoms with van der Waals surface area (Å²) in [6.07, 6.45) is 0. The van der Waals surface area contributed by atoms with Crippen molar-refractivity contribution in [1.29, 1.82) is 0 Å². The zero-order chi connectivity index (χ0) is 12.7. The fourth-order valence-electron chi connectivity index (χ4n) is 1.11. The van der Waals surface area contributed by atoms with E-state index in [2.05, 4.69) is 15.5 Å². The lowest BCUT2D eigenvalue weighted by atomic mass is 10.2. The molecular formula is C12H15Cl2N3. The second kappa shape index (κ2) is 7.30. The molecule has 0 saturated carbocycles. The van der Waals surface area contributed by atoms with Gasteiger partial charge in [-0.25, -0.2) is 0 Å². The molecule has 92 valence electrons. The Morgan fingerprint density at radius 3 is 2.59 bits per heavy atom. The predicted molar refractivity (Wildman–Crippen MR) is 72.0 cm³/mol. The second-order valence-corrected chi connectivity index (χ2v) is 4.53. The van der Waals surface area contributed by atoms with Crippen LogP contribution in [0.5, 0.6) is 0 Å². The molecule has 1 aromatic carbocycles. The van der Waals surface area contributed by atoms with E-state index in [9.17, 15) is 0 Å². The van der Waals surface area contributed by atoms with Gasteiger partial charge in [-0.05, 0) is 19.4 Å². The average molecular weight is 272 g/mol. The highest BCUT2D eigenvalue weighted by Crippen LogP contribution is 2.11. The molecule has 1 rings (SSSR count). The zero-order valence-corrected chi connectivity index (χ0v) is 11.3. The van der Waals surface area contributed by atoms with Crippen molar-refractivity contribution in [2.75, 3.05) is 0 Å². The first-order valence-electron chi connectivity index (χ1n) is 5.28. The molecule has 1 unspecified atom stereocenters. The summed E-state index contributed by atoms with van der Waals surface area (Å²) >= 11 is 11.6. The molecule has 5 heteroatoms. The molecule has 0 bridgehead atoms. The minimum absolute atomic E-state index is 0.327. The van der Waals surface area contributed by atoms with E-state index in [0.717, 1.165) is 5.70 Å². The topological polar surface area (TPSA) is 36.8 Å². The third-order valence-corrected chi connectivity index (χ3v) is 2.46. The third-order valence-electron chi connectivity index (χ3n) is 2.01. The van der Waals surface area contributed by atoms with Crippen molar-refractivity contribution in [2.24, 2.45) is 10.2 Å². The summed E-state index contributed by atoms with van der Waals surface area (Å²) in [7, 11) is 0. The van der Waals surface area contributed by atoms with Crippen LogP contribution in [-0.4, -0.2) is 5.50 Å². The van der Waals surface area contributed by atoms with Crippen molar-refractivity contribution < 1.29 is 0 Å².